The molecule has 0 aromatic heterocycles. The van der Waals surface area contributed by atoms with Crippen LogP contribution in [0, 0.1) is 23.7 Å². The zero-order valence-electron chi connectivity index (χ0n) is 26.6. The summed E-state index contributed by atoms with van der Waals surface area (Å²) in [5.74, 6) is -3.02. The van der Waals surface area contributed by atoms with Crippen LogP contribution >= 0.6 is 11.6 Å². The Morgan fingerprint density at radius 3 is 2.31 bits per heavy atom. The molecule has 3 amide bonds. The number of rotatable bonds is 12. The number of aliphatic hydroxyl groups is 1. The van der Waals surface area contributed by atoms with Crippen LogP contribution in [-0.4, -0.2) is 70.7 Å². The lowest BCUT2D eigenvalue weighted by molar-refractivity contribution is -0.150. The van der Waals surface area contributed by atoms with Crippen LogP contribution in [0.3, 0.4) is 0 Å². The number of benzene rings is 2. The minimum absolute atomic E-state index is 0.126. The van der Waals surface area contributed by atoms with Gasteiger partial charge in [-0.2, -0.15) is 0 Å². The number of hydrogen-bond acceptors (Lipinski definition) is 5. The smallest absolute Gasteiger partial charge is 0.253 e. The molecule has 3 heterocycles. The molecule has 1 spiro atoms. The normalized spacial score (nSPS) is 29.6. The van der Waals surface area contributed by atoms with E-state index < -0.39 is 35.1 Å². The lowest BCUT2D eigenvalue weighted by Crippen LogP contribution is -2.60. The average Bonchev–Trinajstić information content (AvgIpc) is 3.55. The van der Waals surface area contributed by atoms with Gasteiger partial charge in [-0.05, 0) is 49.4 Å². The molecule has 8 atom stereocenters. The second-order valence-electron chi connectivity index (χ2n) is 12.8. The number of aliphatic hydroxyl groups excluding tert-OH is 1. The van der Waals surface area contributed by atoms with Gasteiger partial charge >= 0.3 is 0 Å². The Labute approximate surface area is 271 Å². The summed E-state index contributed by atoms with van der Waals surface area (Å²) in [6.45, 7) is 15.7. The third-order valence-electron chi connectivity index (χ3n) is 10.5. The van der Waals surface area contributed by atoms with Gasteiger partial charge in [0, 0.05) is 18.8 Å². The monoisotopic (exact) mass is 633 g/mol. The van der Waals surface area contributed by atoms with Gasteiger partial charge in [0.15, 0.2) is 0 Å². The lowest BCUT2D eigenvalue weighted by Gasteiger charge is -2.41. The zero-order valence-corrected chi connectivity index (χ0v) is 27.3. The molecule has 1 N–H and O–H groups in total. The Bertz CT molecular complexity index is 1470. The predicted octanol–water partition coefficient (Wildman–Crippen LogP) is 5.50. The maximum atomic E-state index is 15.0. The lowest BCUT2D eigenvalue weighted by atomic mass is 9.62. The molecule has 3 fully saturated rings. The van der Waals surface area contributed by atoms with Crippen molar-refractivity contribution in [2.24, 2.45) is 23.7 Å². The Morgan fingerprint density at radius 2 is 1.71 bits per heavy atom. The molecular weight excluding hydrogens is 590 g/mol. The summed E-state index contributed by atoms with van der Waals surface area (Å²) in [5, 5.41) is 11.1. The highest BCUT2D eigenvalue weighted by atomic mass is 35.5. The summed E-state index contributed by atoms with van der Waals surface area (Å²) in [5.41, 5.74) is -1.12. The van der Waals surface area contributed by atoms with Crippen LogP contribution in [0.4, 0.5) is 11.4 Å². The summed E-state index contributed by atoms with van der Waals surface area (Å²) in [6.07, 6.45) is 4.36. The van der Waals surface area contributed by atoms with E-state index in [4.69, 9.17) is 16.3 Å². The Balaban J connectivity index is 1.69. The molecule has 0 saturated carbocycles. The number of ether oxygens (including phenoxy) is 1. The van der Waals surface area contributed by atoms with Crippen molar-refractivity contribution in [3.05, 3.63) is 84.9 Å². The van der Waals surface area contributed by atoms with Crippen molar-refractivity contribution in [3.63, 3.8) is 0 Å². The number of fused-ring (bicyclic) bond motifs is 1. The quantitative estimate of drug-likeness (QED) is 0.312. The van der Waals surface area contributed by atoms with E-state index in [0.717, 1.165) is 0 Å². The fraction of sp³-hybridized carbons (Fsp3) is 0.472. The van der Waals surface area contributed by atoms with E-state index in [1.807, 2.05) is 58.0 Å². The molecule has 5 rings (SSSR count). The highest BCUT2D eigenvalue weighted by Gasteiger charge is 2.80. The topological polar surface area (TPSA) is 90.4 Å². The van der Waals surface area contributed by atoms with E-state index in [0.29, 0.717) is 29.2 Å². The van der Waals surface area contributed by atoms with Crippen molar-refractivity contribution < 1.29 is 24.2 Å². The molecule has 2 aromatic rings. The highest BCUT2D eigenvalue weighted by Crippen LogP contribution is 2.66. The minimum Gasteiger partial charge on any atom is -0.394 e. The zero-order chi connectivity index (χ0) is 32.7. The number of carbonyl (C=O) groups excluding carboxylic acids is 3. The fourth-order valence-electron chi connectivity index (χ4n) is 7.99. The van der Waals surface area contributed by atoms with Crippen LogP contribution in [0.1, 0.15) is 40.5 Å². The first kappa shape index (κ1) is 32.9. The van der Waals surface area contributed by atoms with Crippen molar-refractivity contribution in [1.82, 2.24) is 4.90 Å². The van der Waals surface area contributed by atoms with Crippen LogP contribution in [-0.2, 0) is 19.1 Å². The molecule has 2 bridgehead atoms. The number of likely N-dealkylation sites (tertiary alicyclic amines) is 1. The van der Waals surface area contributed by atoms with Gasteiger partial charge in [-0.25, -0.2) is 0 Å². The first-order valence-electron chi connectivity index (χ1n) is 15.8. The van der Waals surface area contributed by atoms with Crippen LogP contribution < -0.4 is 9.80 Å². The molecule has 3 saturated heterocycles. The van der Waals surface area contributed by atoms with Gasteiger partial charge in [0.25, 0.3) is 5.91 Å². The number of anilines is 2. The van der Waals surface area contributed by atoms with Crippen LogP contribution in [0.2, 0.25) is 5.02 Å². The largest absolute Gasteiger partial charge is 0.394 e. The summed E-state index contributed by atoms with van der Waals surface area (Å²) in [6, 6.07) is 14.6. The molecule has 45 heavy (non-hydrogen) atoms. The second kappa shape index (κ2) is 12.7. The van der Waals surface area contributed by atoms with E-state index in [-0.39, 0.29) is 49.3 Å². The summed E-state index contributed by atoms with van der Waals surface area (Å²) in [7, 11) is 0. The SMILES string of the molecule is C=CCN(C(=O)[C@H]1[C@H]2C(=O)N([C@@H](CO)[C@@H](C)CC)C(C(=O)N(CC=C)c3ccccc3Cl)C23CC(C)[C@]1(C)O3)c1ccccc1. The molecule has 3 aliphatic rings. The van der Waals surface area contributed by atoms with Gasteiger partial charge in [-0.1, -0.05) is 81.3 Å². The van der Waals surface area contributed by atoms with E-state index in [1.165, 1.54) is 4.90 Å². The molecule has 3 aliphatic heterocycles. The van der Waals surface area contributed by atoms with Crippen molar-refractivity contribution >= 4 is 40.7 Å². The van der Waals surface area contributed by atoms with Crippen molar-refractivity contribution in [2.45, 2.75) is 63.8 Å². The molecule has 0 radical (unpaired) electrons. The summed E-state index contributed by atoms with van der Waals surface area (Å²) < 4.78 is 6.99. The Kier molecular flexibility index (Phi) is 9.32. The van der Waals surface area contributed by atoms with Crippen molar-refractivity contribution in [1.29, 1.82) is 0 Å². The van der Waals surface area contributed by atoms with E-state index in [2.05, 4.69) is 13.2 Å². The first-order valence-corrected chi connectivity index (χ1v) is 16.2. The minimum atomic E-state index is -1.29. The third kappa shape index (κ3) is 5.11. The van der Waals surface area contributed by atoms with E-state index in [9.17, 15) is 14.7 Å². The Morgan fingerprint density at radius 1 is 1.09 bits per heavy atom. The number of carbonyl (C=O) groups is 3. The number of hydrogen-bond donors (Lipinski definition) is 1. The number of nitrogens with zero attached hydrogens (tertiary/aromatic N) is 3. The molecule has 240 valence electrons. The van der Waals surface area contributed by atoms with Gasteiger partial charge in [-0.15, -0.1) is 13.2 Å². The van der Waals surface area contributed by atoms with Gasteiger partial charge in [0.05, 0.1) is 40.8 Å². The third-order valence-corrected chi connectivity index (χ3v) is 10.8. The van der Waals surface area contributed by atoms with Gasteiger partial charge < -0.3 is 24.5 Å². The Hall–Kier alpha value is -3.46. The second-order valence-corrected chi connectivity index (χ2v) is 13.3. The van der Waals surface area contributed by atoms with Crippen LogP contribution in [0.25, 0.3) is 0 Å². The standard InChI is InChI=1S/C36H44ClN3O5/c1-7-19-38(25-15-11-10-12-16-25)32(42)29-30-33(43)40(28(22-41)23(4)9-3)31(36(30)21-24(5)35(29,6)45-36)34(44)39(20-8-2)27-18-14-13-17-26(27)37/h7-8,10-18,23-24,28-31,41H,1-2,9,19-22H2,3-6H3/t23-,24?,28-,29+,30-,31?,35-,36?/m0/s1. The molecule has 2 aromatic carbocycles. The number of para-hydroxylation sites is 2. The first-order chi connectivity index (χ1) is 21.5. The van der Waals surface area contributed by atoms with Gasteiger partial charge in [0.2, 0.25) is 11.8 Å². The summed E-state index contributed by atoms with van der Waals surface area (Å²) >= 11 is 6.62. The number of halogens is 1. The van der Waals surface area contributed by atoms with Crippen LogP contribution in [0.15, 0.2) is 79.9 Å². The van der Waals surface area contributed by atoms with E-state index in [1.54, 1.807) is 46.2 Å². The molecular formula is C36H44ClN3O5. The maximum Gasteiger partial charge on any atom is 0.253 e. The highest BCUT2D eigenvalue weighted by molar-refractivity contribution is 6.34. The van der Waals surface area contributed by atoms with Crippen molar-refractivity contribution in [3.8, 4) is 0 Å². The molecule has 9 heteroatoms. The van der Waals surface area contributed by atoms with Gasteiger partial charge in [0.1, 0.15) is 11.6 Å². The predicted molar refractivity (Wildman–Crippen MR) is 177 cm³/mol. The molecule has 0 aliphatic carbocycles. The average molecular weight is 634 g/mol. The number of amides is 3. The van der Waals surface area contributed by atoms with Crippen molar-refractivity contribution in [2.75, 3.05) is 29.5 Å². The maximum absolute atomic E-state index is 15.0. The van der Waals surface area contributed by atoms with Gasteiger partial charge in [-0.3, -0.25) is 14.4 Å². The fourth-order valence-corrected chi connectivity index (χ4v) is 8.22. The molecule has 3 unspecified atom stereocenters. The summed E-state index contributed by atoms with van der Waals surface area (Å²) in [4.78, 5) is 49.4. The molecule has 8 nitrogen and oxygen atoms in total. The van der Waals surface area contributed by atoms with Crippen LogP contribution in [0.5, 0.6) is 0 Å². The van der Waals surface area contributed by atoms with E-state index >= 15 is 4.79 Å².